The zero-order chi connectivity index (χ0) is 14.1. The Morgan fingerprint density at radius 2 is 2.32 bits per heavy atom. The first-order chi connectivity index (χ1) is 9.15. The molecule has 0 fully saturated rings. The number of rotatable bonds is 7. The molecule has 2 N–H and O–H groups in total. The number of aromatic nitrogens is 1. The first kappa shape index (κ1) is 16.0. The third-order valence-electron chi connectivity index (χ3n) is 2.06. The molecule has 0 saturated heterocycles. The van der Waals surface area contributed by atoms with Gasteiger partial charge in [0, 0.05) is 0 Å². The van der Waals surface area contributed by atoms with E-state index in [2.05, 4.69) is 4.98 Å². The van der Waals surface area contributed by atoms with Crippen molar-refractivity contribution in [1.82, 2.24) is 4.98 Å². The van der Waals surface area contributed by atoms with Crippen molar-refractivity contribution in [3.8, 4) is 0 Å². The fraction of sp³-hybridized carbons (Fsp3) is 0.364. The van der Waals surface area contributed by atoms with Crippen LogP contribution in [0, 0.1) is 0 Å². The van der Waals surface area contributed by atoms with Gasteiger partial charge < -0.3 is 0 Å². The van der Waals surface area contributed by atoms with Gasteiger partial charge in [-0.25, -0.2) is 0 Å². The van der Waals surface area contributed by atoms with Gasteiger partial charge in [0.15, 0.2) is 0 Å². The van der Waals surface area contributed by atoms with Gasteiger partial charge in [-0.05, 0) is 0 Å². The quantitative estimate of drug-likeness (QED) is 0.712. The molecule has 0 amide bonds. The normalized spacial score (nSPS) is 11.7. The summed E-state index contributed by atoms with van der Waals surface area (Å²) in [5.74, 6) is -0.342. The molecule has 6 nitrogen and oxygen atoms in total. The molecule has 1 aromatic heterocycles. The average Bonchev–Trinajstić information content (AvgIpc) is 2.45. The molecular formula is C11H14N2O4SSe. The third kappa shape index (κ3) is 6.06. The number of thioether (sulfide) groups is 1. The summed E-state index contributed by atoms with van der Waals surface area (Å²) in [6.07, 6.45) is 5.39. The SMILES string of the molecule is CSCC[C@H](N)C(=O)O[Se]OC(=O)c1cccnc1. The Kier molecular flexibility index (Phi) is 7.50. The van der Waals surface area contributed by atoms with Crippen LogP contribution >= 0.6 is 11.8 Å². The Labute approximate surface area is 122 Å². The number of nitrogens with zero attached hydrogens (tertiary/aromatic N) is 1. The second-order valence-corrected chi connectivity index (χ2v) is 5.44. The molecule has 0 aliphatic rings. The summed E-state index contributed by atoms with van der Waals surface area (Å²) in [7, 11) is 0. The maximum absolute atomic E-state index is 11.5. The fourth-order valence-corrected chi connectivity index (χ4v) is 2.33. The van der Waals surface area contributed by atoms with Crippen LogP contribution in [0.15, 0.2) is 24.5 Å². The first-order valence-electron chi connectivity index (χ1n) is 5.39. The number of hydrogen-bond acceptors (Lipinski definition) is 7. The van der Waals surface area contributed by atoms with Crippen LogP contribution in [0.2, 0.25) is 0 Å². The molecule has 0 saturated carbocycles. The Morgan fingerprint density at radius 3 is 2.95 bits per heavy atom. The molecule has 8 heteroatoms. The minimum atomic E-state index is -1.01. The van der Waals surface area contributed by atoms with Gasteiger partial charge in [0.1, 0.15) is 0 Å². The molecular weight excluding hydrogens is 335 g/mol. The summed E-state index contributed by atoms with van der Waals surface area (Å²) in [6, 6.07) is 2.51. The molecule has 0 aromatic carbocycles. The molecule has 0 aliphatic carbocycles. The number of hydrogen-bond donors (Lipinski definition) is 1. The number of carbonyl (C=O) groups is 2. The van der Waals surface area contributed by atoms with Crippen LogP contribution in [0.25, 0.3) is 0 Å². The van der Waals surface area contributed by atoms with E-state index in [9.17, 15) is 9.59 Å². The minimum absolute atomic E-state index is 0.312. The van der Waals surface area contributed by atoms with E-state index in [0.717, 1.165) is 5.75 Å². The molecule has 0 spiro atoms. The van der Waals surface area contributed by atoms with Gasteiger partial charge in [-0.2, -0.15) is 0 Å². The molecule has 0 radical (unpaired) electrons. The average molecular weight is 349 g/mol. The zero-order valence-electron chi connectivity index (χ0n) is 10.3. The van der Waals surface area contributed by atoms with Crippen LogP contribution in [0.1, 0.15) is 16.8 Å². The van der Waals surface area contributed by atoms with Crippen LogP contribution in [-0.2, 0) is 12.4 Å². The van der Waals surface area contributed by atoms with Crippen molar-refractivity contribution in [2.24, 2.45) is 5.73 Å². The van der Waals surface area contributed by atoms with E-state index < -0.39 is 33.6 Å². The van der Waals surface area contributed by atoms with Crippen LogP contribution in [0.5, 0.6) is 0 Å². The summed E-state index contributed by atoms with van der Waals surface area (Å²) < 4.78 is 9.65. The summed E-state index contributed by atoms with van der Waals surface area (Å²) in [4.78, 5) is 26.7. The van der Waals surface area contributed by atoms with E-state index in [-0.39, 0.29) is 0 Å². The van der Waals surface area contributed by atoms with Crippen molar-refractivity contribution in [3.63, 3.8) is 0 Å². The predicted molar refractivity (Wildman–Crippen MR) is 72.5 cm³/mol. The van der Waals surface area contributed by atoms with Crippen molar-refractivity contribution >= 4 is 39.3 Å². The molecule has 1 rings (SSSR count). The van der Waals surface area contributed by atoms with E-state index in [1.807, 2.05) is 6.26 Å². The molecule has 0 unspecified atom stereocenters. The van der Waals surface area contributed by atoms with Crippen LogP contribution in [-0.4, -0.2) is 50.6 Å². The van der Waals surface area contributed by atoms with Gasteiger partial charge in [-0.15, -0.1) is 0 Å². The molecule has 19 heavy (non-hydrogen) atoms. The van der Waals surface area contributed by atoms with Crippen molar-refractivity contribution in [3.05, 3.63) is 30.1 Å². The van der Waals surface area contributed by atoms with Gasteiger partial charge in [0.25, 0.3) is 0 Å². The van der Waals surface area contributed by atoms with Gasteiger partial charge >= 0.3 is 122 Å². The Hall–Kier alpha value is -1.08. The standard InChI is InChI=1S/C11H14N2O4SSe/c1-18-6-4-9(12)11(15)17-19-16-10(14)8-3-2-5-13-7-8/h2-3,5,7,9H,4,6,12H2,1H3/t9-/m0/s1. The second kappa shape index (κ2) is 8.92. The third-order valence-corrected chi connectivity index (χ3v) is 3.65. The van der Waals surface area contributed by atoms with Gasteiger partial charge in [-0.3, -0.25) is 0 Å². The Bertz CT molecular complexity index is 418. The van der Waals surface area contributed by atoms with Gasteiger partial charge in [-0.1, -0.05) is 0 Å². The monoisotopic (exact) mass is 350 g/mol. The van der Waals surface area contributed by atoms with E-state index in [4.69, 9.17) is 13.4 Å². The van der Waals surface area contributed by atoms with Crippen molar-refractivity contribution in [2.45, 2.75) is 12.5 Å². The van der Waals surface area contributed by atoms with E-state index in [0.29, 0.717) is 12.0 Å². The Balaban J connectivity index is 2.27. The van der Waals surface area contributed by atoms with E-state index >= 15 is 0 Å². The number of carbonyl (C=O) groups excluding carboxylic acids is 2. The molecule has 1 heterocycles. The van der Waals surface area contributed by atoms with Crippen LogP contribution < -0.4 is 5.73 Å². The first-order valence-corrected chi connectivity index (χ1v) is 8.18. The number of pyridine rings is 1. The molecule has 104 valence electrons. The molecule has 1 atom stereocenters. The van der Waals surface area contributed by atoms with E-state index in [1.165, 1.54) is 6.20 Å². The van der Waals surface area contributed by atoms with Crippen molar-refractivity contribution < 1.29 is 17.2 Å². The van der Waals surface area contributed by atoms with Crippen molar-refractivity contribution in [1.29, 1.82) is 0 Å². The maximum atomic E-state index is 11.5. The fourth-order valence-electron chi connectivity index (χ4n) is 1.04. The molecule has 1 aromatic rings. The summed E-state index contributed by atoms with van der Waals surface area (Å²) in [5, 5.41) is 0. The van der Waals surface area contributed by atoms with Crippen LogP contribution in [0.4, 0.5) is 0 Å². The number of nitrogens with two attached hydrogens (primary N) is 1. The van der Waals surface area contributed by atoms with Crippen LogP contribution in [0.3, 0.4) is 0 Å². The van der Waals surface area contributed by atoms with E-state index in [1.54, 1.807) is 30.1 Å². The Morgan fingerprint density at radius 1 is 1.53 bits per heavy atom. The van der Waals surface area contributed by atoms with Gasteiger partial charge in [0.2, 0.25) is 0 Å². The predicted octanol–water partition coefficient (Wildman–Crippen LogP) is 0.396. The summed E-state index contributed by atoms with van der Waals surface area (Å²) in [5.41, 5.74) is 5.92. The molecule has 0 bridgehead atoms. The summed E-state index contributed by atoms with van der Waals surface area (Å²) in [6.45, 7) is 0. The topological polar surface area (TPSA) is 91.5 Å². The second-order valence-electron chi connectivity index (χ2n) is 3.47. The summed E-state index contributed by atoms with van der Waals surface area (Å²) >= 11 is 0.585. The zero-order valence-corrected chi connectivity index (χ0v) is 12.8. The van der Waals surface area contributed by atoms with Crippen molar-refractivity contribution in [2.75, 3.05) is 12.0 Å². The molecule has 0 aliphatic heterocycles. The van der Waals surface area contributed by atoms with Gasteiger partial charge in [0.05, 0.1) is 0 Å².